The van der Waals surface area contributed by atoms with Gasteiger partial charge >= 0.3 is 6.43 Å². The van der Waals surface area contributed by atoms with E-state index in [-0.39, 0.29) is 5.89 Å². The number of alkyl halides is 2. The fourth-order valence-electron chi connectivity index (χ4n) is 2.52. The largest absolute Gasteiger partial charge is 0.496 e. The predicted molar refractivity (Wildman–Crippen MR) is 93.7 cm³/mol. The minimum atomic E-state index is -2.78. The molecular formula is C17H13F2N5O2S. The van der Waals surface area contributed by atoms with Crippen molar-refractivity contribution in [3.8, 4) is 27.8 Å². The average molecular weight is 389 g/mol. The zero-order valence-electron chi connectivity index (χ0n) is 14.0. The van der Waals surface area contributed by atoms with E-state index >= 15 is 0 Å². The van der Waals surface area contributed by atoms with Crippen molar-refractivity contribution >= 4 is 11.3 Å². The lowest BCUT2D eigenvalue weighted by molar-refractivity contribution is 0.116. The molecule has 0 bridgehead atoms. The van der Waals surface area contributed by atoms with Crippen molar-refractivity contribution in [1.82, 2.24) is 25.2 Å². The molecule has 0 spiro atoms. The summed E-state index contributed by atoms with van der Waals surface area (Å²) in [4.78, 5) is 1.56. The highest BCUT2D eigenvalue weighted by molar-refractivity contribution is 7.15. The topological polar surface area (TPSA) is 78.9 Å². The summed E-state index contributed by atoms with van der Waals surface area (Å²) in [6.07, 6.45) is -0.965. The smallest absolute Gasteiger partial charge is 0.314 e. The lowest BCUT2D eigenvalue weighted by atomic mass is 10.1. The first-order valence-electron chi connectivity index (χ1n) is 7.88. The van der Waals surface area contributed by atoms with Crippen LogP contribution in [0.25, 0.3) is 22.0 Å². The SMILES string of the molecule is COc1ccccc1-c1cn(Cc2ccc(-c3nnc(C(F)F)o3)s2)nn1. The predicted octanol–water partition coefficient (Wildman–Crippen LogP) is 4.05. The molecule has 4 rings (SSSR count). The molecule has 4 aromatic rings. The van der Waals surface area contributed by atoms with Crippen LogP contribution in [0.5, 0.6) is 5.75 Å². The van der Waals surface area contributed by atoms with Crippen LogP contribution in [-0.4, -0.2) is 32.3 Å². The molecule has 27 heavy (non-hydrogen) atoms. The van der Waals surface area contributed by atoms with E-state index in [1.54, 1.807) is 17.9 Å². The number of rotatable bonds is 6. The fourth-order valence-corrected chi connectivity index (χ4v) is 3.44. The summed E-state index contributed by atoms with van der Waals surface area (Å²) in [5.74, 6) is 0.113. The summed E-state index contributed by atoms with van der Waals surface area (Å²) in [6, 6.07) is 11.2. The number of methoxy groups -OCH3 is 1. The van der Waals surface area contributed by atoms with Gasteiger partial charge in [-0.25, -0.2) is 4.68 Å². The van der Waals surface area contributed by atoms with Crippen molar-refractivity contribution in [2.24, 2.45) is 0 Å². The number of aromatic nitrogens is 5. The van der Waals surface area contributed by atoms with Gasteiger partial charge in [0.2, 0.25) is 0 Å². The van der Waals surface area contributed by atoms with E-state index in [1.165, 1.54) is 11.3 Å². The zero-order chi connectivity index (χ0) is 18.8. The second-order valence-corrected chi connectivity index (χ2v) is 6.68. The number of halogens is 2. The summed E-state index contributed by atoms with van der Waals surface area (Å²) in [7, 11) is 1.60. The molecule has 0 atom stereocenters. The van der Waals surface area contributed by atoms with Gasteiger partial charge in [0.15, 0.2) is 0 Å². The van der Waals surface area contributed by atoms with Gasteiger partial charge in [-0.1, -0.05) is 17.3 Å². The third-order valence-corrected chi connectivity index (χ3v) is 4.80. The van der Waals surface area contributed by atoms with Crippen molar-refractivity contribution in [2.75, 3.05) is 7.11 Å². The molecule has 0 saturated carbocycles. The molecule has 138 valence electrons. The van der Waals surface area contributed by atoms with E-state index < -0.39 is 12.3 Å². The number of hydrogen-bond acceptors (Lipinski definition) is 7. The second-order valence-electron chi connectivity index (χ2n) is 5.51. The maximum atomic E-state index is 12.6. The van der Waals surface area contributed by atoms with Gasteiger partial charge in [0.05, 0.1) is 24.7 Å². The average Bonchev–Trinajstić information content (AvgIpc) is 3.42. The number of para-hydroxylation sites is 1. The van der Waals surface area contributed by atoms with Crippen LogP contribution >= 0.6 is 11.3 Å². The summed E-state index contributed by atoms with van der Waals surface area (Å²) < 4.78 is 37.1. The lowest BCUT2D eigenvalue weighted by Gasteiger charge is -2.04. The van der Waals surface area contributed by atoms with Crippen LogP contribution in [0.4, 0.5) is 8.78 Å². The van der Waals surface area contributed by atoms with Crippen LogP contribution in [0.3, 0.4) is 0 Å². The van der Waals surface area contributed by atoms with Gasteiger partial charge in [-0.15, -0.1) is 26.6 Å². The molecule has 0 aliphatic rings. The maximum Gasteiger partial charge on any atom is 0.314 e. The van der Waals surface area contributed by atoms with Crippen LogP contribution in [0.2, 0.25) is 0 Å². The van der Waals surface area contributed by atoms with E-state index in [2.05, 4.69) is 20.5 Å². The lowest BCUT2D eigenvalue weighted by Crippen LogP contribution is -1.98. The molecule has 0 aliphatic heterocycles. The molecule has 0 unspecified atom stereocenters. The summed E-state index contributed by atoms with van der Waals surface area (Å²) >= 11 is 1.36. The highest BCUT2D eigenvalue weighted by atomic mass is 32.1. The second kappa shape index (κ2) is 7.23. The van der Waals surface area contributed by atoms with E-state index in [1.807, 2.05) is 36.5 Å². The Morgan fingerprint density at radius 2 is 2.00 bits per heavy atom. The Kier molecular flexibility index (Phi) is 4.63. The van der Waals surface area contributed by atoms with E-state index in [4.69, 9.17) is 9.15 Å². The molecule has 1 aromatic carbocycles. The molecule has 0 N–H and O–H groups in total. The third-order valence-electron chi connectivity index (χ3n) is 3.74. The molecule has 0 saturated heterocycles. The van der Waals surface area contributed by atoms with Gasteiger partial charge in [0.1, 0.15) is 11.4 Å². The molecule has 0 aliphatic carbocycles. The van der Waals surface area contributed by atoms with E-state index in [9.17, 15) is 8.78 Å². The minimum absolute atomic E-state index is 0.0786. The van der Waals surface area contributed by atoms with Gasteiger partial charge in [-0.2, -0.15) is 8.78 Å². The quantitative estimate of drug-likeness (QED) is 0.495. The van der Waals surface area contributed by atoms with Gasteiger partial charge in [0, 0.05) is 10.4 Å². The minimum Gasteiger partial charge on any atom is -0.496 e. The van der Waals surface area contributed by atoms with E-state index in [0.29, 0.717) is 22.9 Å². The Hall–Kier alpha value is -3.14. The fraction of sp³-hybridized carbons (Fsp3) is 0.176. The van der Waals surface area contributed by atoms with Crippen molar-refractivity contribution in [1.29, 1.82) is 0 Å². The van der Waals surface area contributed by atoms with Crippen LogP contribution in [-0.2, 0) is 6.54 Å². The highest BCUT2D eigenvalue weighted by Gasteiger charge is 2.18. The van der Waals surface area contributed by atoms with Crippen molar-refractivity contribution in [3.05, 3.63) is 53.4 Å². The van der Waals surface area contributed by atoms with Crippen LogP contribution in [0.1, 0.15) is 17.2 Å². The summed E-state index contributed by atoms with van der Waals surface area (Å²) in [6.45, 7) is 0.475. The Balaban J connectivity index is 1.52. The zero-order valence-corrected chi connectivity index (χ0v) is 14.9. The van der Waals surface area contributed by atoms with Crippen molar-refractivity contribution in [2.45, 2.75) is 13.0 Å². The van der Waals surface area contributed by atoms with Crippen LogP contribution in [0.15, 0.2) is 47.0 Å². The van der Waals surface area contributed by atoms with Crippen molar-refractivity contribution in [3.63, 3.8) is 0 Å². The van der Waals surface area contributed by atoms with Crippen LogP contribution < -0.4 is 4.74 Å². The number of ether oxygens (including phenoxy) is 1. The van der Waals surface area contributed by atoms with Gasteiger partial charge < -0.3 is 9.15 Å². The number of hydrogen-bond donors (Lipinski definition) is 0. The van der Waals surface area contributed by atoms with E-state index in [0.717, 1.165) is 10.4 Å². The van der Waals surface area contributed by atoms with Crippen molar-refractivity contribution < 1.29 is 17.9 Å². The Bertz CT molecular complexity index is 1060. The van der Waals surface area contributed by atoms with Gasteiger partial charge in [-0.3, -0.25) is 0 Å². The number of thiophene rings is 1. The molecule has 3 aromatic heterocycles. The Morgan fingerprint density at radius 1 is 1.15 bits per heavy atom. The maximum absolute atomic E-state index is 12.6. The molecule has 3 heterocycles. The molecular weight excluding hydrogens is 376 g/mol. The Morgan fingerprint density at radius 3 is 2.78 bits per heavy atom. The normalized spacial score (nSPS) is 11.3. The van der Waals surface area contributed by atoms with Gasteiger partial charge in [-0.05, 0) is 24.3 Å². The van der Waals surface area contributed by atoms with Gasteiger partial charge in [0.25, 0.3) is 11.8 Å². The highest BCUT2D eigenvalue weighted by Crippen LogP contribution is 2.30. The molecule has 7 nitrogen and oxygen atoms in total. The standard InChI is InChI=1S/C17H13F2N5O2S/c1-25-13-5-3-2-4-11(13)12-9-24(23-20-12)8-10-6-7-14(27-10)16-21-22-17(26-16)15(18)19/h2-7,9,15H,8H2,1H3. The third kappa shape index (κ3) is 3.56. The van der Waals surface area contributed by atoms with Crippen LogP contribution in [0, 0.1) is 0 Å². The molecule has 0 amide bonds. The molecule has 0 radical (unpaired) electrons. The summed E-state index contributed by atoms with van der Waals surface area (Å²) in [5.41, 5.74) is 1.55. The first kappa shape index (κ1) is 17.3. The first-order valence-corrected chi connectivity index (χ1v) is 8.70. The summed E-state index contributed by atoms with van der Waals surface area (Å²) in [5, 5.41) is 15.3. The number of nitrogens with zero attached hydrogens (tertiary/aromatic N) is 5. The molecule has 10 heteroatoms. The molecule has 0 fully saturated rings. The monoisotopic (exact) mass is 389 g/mol. The Labute approximate surface area is 156 Å². The first-order chi connectivity index (χ1) is 13.1. The number of benzene rings is 1.